The van der Waals surface area contributed by atoms with Crippen LogP contribution in [0.3, 0.4) is 0 Å². The van der Waals surface area contributed by atoms with Gasteiger partial charge in [0.2, 0.25) is 6.04 Å². The molecule has 0 N–H and O–H groups in total. The molecule has 0 aliphatic carbocycles. The lowest BCUT2D eigenvalue weighted by Crippen LogP contribution is -2.17. The highest BCUT2D eigenvalue weighted by molar-refractivity contribution is 6.35. The van der Waals surface area contributed by atoms with Crippen molar-refractivity contribution in [2.24, 2.45) is 0 Å². The summed E-state index contributed by atoms with van der Waals surface area (Å²) < 4.78 is 0. The van der Waals surface area contributed by atoms with Gasteiger partial charge in [-0.05, 0) is 17.7 Å². The van der Waals surface area contributed by atoms with Crippen LogP contribution in [0.2, 0.25) is 10.0 Å². The van der Waals surface area contributed by atoms with Crippen molar-refractivity contribution in [3.8, 4) is 0 Å². The summed E-state index contributed by atoms with van der Waals surface area (Å²) in [6, 6.07) is 4.35. The average Bonchev–Trinajstić information content (AvgIpc) is 2.09. The highest BCUT2D eigenvalue weighted by Crippen LogP contribution is 2.22. The largest absolute Gasteiger partial charge is 0.264 e. The van der Waals surface area contributed by atoms with Gasteiger partial charge >= 0.3 is 0 Å². The normalized spacial score (nSPS) is 12.5. The van der Waals surface area contributed by atoms with E-state index < -0.39 is 6.04 Å². The summed E-state index contributed by atoms with van der Waals surface area (Å²) in [6.07, 6.45) is 0.322. The molecule has 0 aromatic heterocycles. The Labute approximate surface area is 91.8 Å². The van der Waals surface area contributed by atoms with Crippen molar-refractivity contribution < 1.29 is 4.92 Å². The fourth-order valence-corrected chi connectivity index (χ4v) is 1.57. The zero-order valence-corrected chi connectivity index (χ0v) is 9.05. The monoisotopic (exact) mass is 233 g/mol. The van der Waals surface area contributed by atoms with Crippen LogP contribution in [0.5, 0.6) is 0 Å². The second-order valence-electron chi connectivity index (χ2n) is 3.07. The van der Waals surface area contributed by atoms with Crippen LogP contribution in [0.15, 0.2) is 18.2 Å². The fraction of sp³-hybridized carbons (Fsp3) is 0.333. The summed E-state index contributed by atoms with van der Waals surface area (Å²) in [4.78, 5) is 10.1. The quantitative estimate of drug-likeness (QED) is 0.595. The molecule has 76 valence electrons. The van der Waals surface area contributed by atoms with Crippen LogP contribution in [0.4, 0.5) is 0 Å². The zero-order chi connectivity index (χ0) is 10.7. The van der Waals surface area contributed by atoms with Crippen molar-refractivity contribution in [2.75, 3.05) is 0 Å². The van der Waals surface area contributed by atoms with Gasteiger partial charge in [-0.1, -0.05) is 29.3 Å². The first kappa shape index (κ1) is 11.3. The Morgan fingerprint density at radius 3 is 2.64 bits per heavy atom. The van der Waals surface area contributed by atoms with Crippen molar-refractivity contribution in [3.05, 3.63) is 43.9 Å². The minimum Gasteiger partial charge on any atom is -0.264 e. The highest BCUT2D eigenvalue weighted by Gasteiger charge is 2.15. The number of nitrogens with zero attached hydrogens (tertiary/aromatic N) is 1. The van der Waals surface area contributed by atoms with Gasteiger partial charge in [0, 0.05) is 28.3 Å². The van der Waals surface area contributed by atoms with E-state index in [1.807, 2.05) is 0 Å². The van der Waals surface area contributed by atoms with Crippen LogP contribution in [0.1, 0.15) is 12.5 Å². The molecule has 0 aliphatic rings. The van der Waals surface area contributed by atoms with E-state index in [0.717, 1.165) is 5.56 Å². The van der Waals surface area contributed by atoms with Crippen molar-refractivity contribution in [1.29, 1.82) is 0 Å². The predicted octanol–water partition coefficient (Wildman–Crippen LogP) is 3.20. The third-order valence-electron chi connectivity index (χ3n) is 1.89. The van der Waals surface area contributed by atoms with Crippen molar-refractivity contribution in [2.45, 2.75) is 19.4 Å². The molecule has 0 aliphatic heterocycles. The molecule has 5 heteroatoms. The minimum absolute atomic E-state index is 0.322. The Kier molecular flexibility index (Phi) is 3.72. The smallest absolute Gasteiger partial charge is 0.214 e. The maximum Gasteiger partial charge on any atom is 0.214 e. The van der Waals surface area contributed by atoms with E-state index in [9.17, 15) is 10.1 Å². The lowest BCUT2D eigenvalue weighted by Gasteiger charge is -2.05. The fourth-order valence-electron chi connectivity index (χ4n) is 1.08. The van der Waals surface area contributed by atoms with Crippen molar-refractivity contribution >= 4 is 23.2 Å². The summed E-state index contributed by atoms with van der Waals surface area (Å²) in [5.41, 5.74) is 0.750. The molecule has 1 atom stereocenters. The Morgan fingerprint density at radius 1 is 1.50 bits per heavy atom. The van der Waals surface area contributed by atoms with Gasteiger partial charge in [-0.3, -0.25) is 10.1 Å². The molecule has 3 nitrogen and oxygen atoms in total. The van der Waals surface area contributed by atoms with Crippen LogP contribution in [-0.2, 0) is 6.42 Å². The molecule has 1 aromatic carbocycles. The molecule has 1 aromatic rings. The molecule has 0 amide bonds. The molecule has 0 saturated heterocycles. The second kappa shape index (κ2) is 4.62. The molecule has 0 bridgehead atoms. The standard InChI is InChI=1S/C9H9Cl2NO2/c1-6(12(13)14)4-7-2-3-8(10)5-9(7)11/h2-3,5-6H,4H2,1H3. The van der Waals surface area contributed by atoms with E-state index in [2.05, 4.69) is 0 Å². The summed E-state index contributed by atoms with van der Waals surface area (Å²) in [6.45, 7) is 1.55. The van der Waals surface area contributed by atoms with Gasteiger partial charge in [0.15, 0.2) is 0 Å². The number of benzene rings is 1. The number of hydrogen-bond donors (Lipinski definition) is 0. The van der Waals surface area contributed by atoms with Crippen LogP contribution >= 0.6 is 23.2 Å². The second-order valence-corrected chi connectivity index (χ2v) is 3.92. The third kappa shape index (κ3) is 2.86. The van der Waals surface area contributed by atoms with Gasteiger partial charge in [0.25, 0.3) is 0 Å². The van der Waals surface area contributed by atoms with Crippen LogP contribution < -0.4 is 0 Å². The SMILES string of the molecule is CC(Cc1ccc(Cl)cc1Cl)[N+](=O)[O-]. The molecular weight excluding hydrogens is 225 g/mol. The molecule has 0 radical (unpaired) electrons. The van der Waals surface area contributed by atoms with Crippen molar-refractivity contribution in [3.63, 3.8) is 0 Å². The lowest BCUT2D eigenvalue weighted by atomic mass is 10.1. The van der Waals surface area contributed by atoms with Crippen LogP contribution in [0, 0.1) is 10.1 Å². The van der Waals surface area contributed by atoms with Gasteiger partial charge < -0.3 is 0 Å². The maximum absolute atomic E-state index is 10.4. The van der Waals surface area contributed by atoms with E-state index in [0.29, 0.717) is 16.5 Å². The Hall–Kier alpha value is -0.800. The topological polar surface area (TPSA) is 43.1 Å². The van der Waals surface area contributed by atoms with E-state index in [4.69, 9.17) is 23.2 Å². The van der Waals surface area contributed by atoms with E-state index in [-0.39, 0.29) is 4.92 Å². The van der Waals surface area contributed by atoms with Gasteiger partial charge in [-0.2, -0.15) is 0 Å². The van der Waals surface area contributed by atoms with Crippen molar-refractivity contribution in [1.82, 2.24) is 0 Å². The Morgan fingerprint density at radius 2 is 2.14 bits per heavy atom. The van der Waals surface area contributed by atoms with E-state index >= 15 is 0 Å². The molecule has 0 saturated carbocycles. The predicted molar refractivity (Wildman–Crippen MR) is 56.6 cm³/mol. The first-order valence-electron chi connectivity index (χ1n) is 4.08. The van der Waals surface area contributed by atoms with Crippen LogP contribution in [0.25, 0.3) is 0 Å². The highest BCUT2D eigenvalue weighted by atomic mass is 35.5. The van der Waals surface area contributed by atoms with Gasteiger partial charge in [0.1, 0.15) is 0 Å². The third-order valence-corrected chi connectivity index (χ3v) is 2.48. The van der Waals surface area contributed by atoms with Gasteiger partial charge in [-0.25, -0.2) is 0 Å². The molecule has 0 heterocycles. The Balaban J connectivity index is 2.82. The molecule has 0 fully saturated rings. The minimum atomic E-state index is -0.631. The van der Waals surface area contributed by atoms with Gasteiger partial charge in [0.05, 0.1) is 0 Å². The molecule has 14 heavy (non-hydrogen) atoms. The molecular formula is C9H9Cl2NO2. The average molecular weight is 234 g/mol. The summed E-state index contributed by atoms with van der Waals surface area (Å²) in [5, 5.41) is 11.4. The molecule has 0 spiro atoms. The van der Waals surface area contributed by atoms with E-state index in [1.54, 1.807) is 25.1 Å². The lowest BCUT2D eigenvalue weighted by molar-refractivity contribution is -0.517. The molecule has 1 rings (SSSR count). The molecule has 1 unspecified atom stereocenters. The number of halogens is 2. The van der Waals surface area contributed by atoms with Crippen LogP contribution in [-0.4, -0.2) is 11.0 Å². The number of rotatable bonds is 3. The Bertz CT molecular complexity index is 355. The number of nitro groups is 1. The maximum atomic E-state index is 10.4. The van der Waals surface area contributed by atoms with Gasteiger partial charge in [-0.15, -0.1) is 0 Å². The summed E-state index contributed by atoms with van der Waals surface area (Å²) >= 11 is 11.6. The first-order valence-corrected chi connectivity index (χ1v) is 4.83. The summed E-state index contributed by atoms with van der Waals surface area (Å²) in [7, 11) is 0. The number of hydrogen-bond acceptors (Lipinski definition) is 2. The van der Waals surface area contributed by atoms with E-state index in [1.165, 1.54) is 0 Å². The first-order chi connectivity index (χ1) is 6.50. The summed E-state index contributed by atoms with van der Waals surface area (Å²) in [5.74, 6) is 0. The zero-order valence-electron chi connectivity index (χ0n) is 7.54.